The van der Waals surface area contributed by atoms with Crippen molar-refractivity contribution in [3.8, 4) is 0 Å². The highest BCUT2D eigenvalue weighted by molar-refractivity contribution is 7.78. The lowest BCUT2D eigenvalue weighted by Crippen LogP contribution is -2.33. The Morgan fingerprint density at radius 3 is 2.84 bits per heavy atom. The molecule has 0 unspecified atom stereocenters. The number of benzene rings is 1. The first-order chi connectivity index (χ1) is 8.90. The summed E-state index contributed by atoms with van der Waals surface area (Å²) in [4.78, 5) is 15.4. The number of thiocarbonyl (C=S) groups is 1. The minimum atomic E-state index is -0.474. The van der Waals surface area contributed by atoms with Crippen molar-refractivity contribution in [2.24, 2.45) is 4.99 Å². The Bertz CT molecular complexity index is 488. The van der Waals surface area contributed by atoms with Gasteiger partial charge in [0.15, 0.2) is 0 Å². The summed E-state index contributed by atoms with van der Waals surface area (Å²) in [5.41, 5.74) is 1.37. The first-order valence-corrected chi connectivity index (χ1v) is 6.45. The fourth-order valence-electron chi connectivity index (χ4n) is 1.46. The van der Waals surface area contributed by atoms with Gasteiger partial charge in [-0.25, -0.2) is 4.79 Å². The SMILES string of the molecule is CC(C)(C)OC(=O)NCCc1cccc(N=C=S)c1. The van der Waals surface area contributed by atoms with Crippen LogP contribution in [0.5, 0.6) is 0 Å². The molecule has 0 atom stereocenters. The van der Waals surface area contributed by atoms with Crippen LogP contribution in [-0.2, 0) is 11.2 Å². The predicted molar refractivity (Wildman–Crippen MR) is 79.1 cm³/mol. The number of aliphatic imine (C=N–C) groups is 1. The molecule has 1 aromatic carbocycles. The number of carbonyl (C=O) groups is 1. The average Bonchev–Trinajstić information content (AvgIpc) is 2.27. The molecule has 0 spiro atoms. The molecular weight excluding hydrogens is 260 g/mol. The summed E-state index contributed by atoms with van der Waals surface area (Å²) < 4.78 is 5.15. The minimum absolute atomic E-state index is 0.402. The maximum atomic E-state index is 11.4. The molecule has 0 aliphatic rings. The van der Waals surface area contributed by atoms with E-state index in [-0.39, 0.29) is 0 Å². The van der Waals surface area contributed by atoms with Crippen LogP contribution in [0.4, 0.5) is 10.5 Å². The van der Waals surface area contributed by atoms with Crippen molar-refractivity contribution >= 4 is 29.2 Å². The van der Waals surface area contributed by atoms with Crippen molar-refractivity contribution < 1.29 is 9.53 Å². The first-order valence-electron chi connectivity index (χ1n) is 6.04. The third-order valence-corrected chi connectivity index (χ3v) is 2.26. The van der Waals surface area contributed by atoms with Gasteiger partial charge in [0.25, 0.3) is 0 Å². The molecule has 5 heteroatoms. The topological polar surface area (TPSA) is 50.7 Å². The van der Waals surface area contributed by atoms with Gasteiger partial charge in [0.2, 0.25) is 0 Å². The van der Waals surface area contributed by atoms with Gasteiger partial charge < -0.3 is 10.1 Å². The standard InChI is InChI=1S/C14H18N2O2S/c1-14(2,3)18-13(17)15-8-7-11-5-4-6-12(9-11)16-10-19/h4-6,9H,7-8H2,1-3H3,(H,15,17). The average molecular weight is 278 g/mol. The highest BCUT2D eigenvalue weighted by Crippen LogP contribution is 2.13. The molecule has 0 saturated heterocycles. The number of amides is 1. The maximum Gasteiger partial charge on any atom is 0.407 e. The molecule has 0 saturated carbocycles. The van der Waals surface area contributed by atoms with Crippen LogP contribution in [0.3, 0.4) is 0 Å². The van der Waals surface area contributed by atoms with Gasteiger partial charge in [-0.3, -0.25) is 0 Å². The Labute approximate surface area is 118 Å². The van der Waals surface area contributed by atoms with Crippen LogP contribution in [-0.4, -0.2) is 23.4 Å². The number of nitrogens with one attached hydrogen (secondary N) is 1. The van der Waals surface area contributed by atoms with Crippen molar-refractivity contribution in [2.75, 3.05) is 6.54 Å². The molecule has 0 radical (unpaired) electrons. The molecule has 0 aliphatic heterocycles. The van der Waals surface area contributed by atoms with E-state index < -0.39 is 11.7 Å². The summed E-state index contributed by atoms with van der Waals surface area (Å²) in [6, 6.07) is 7.63. The van der Waals surface area contributed by atoms with E-state index in [1.165, 1.54) is 0 Å². The second-order valence-electron chi connectivity index (χ2n) is 5.05. The van der Waals surface area contributed by atoms with Crippen molar-refractivity contribution in [1.29, 1.82) is 0 Å². The van der Waals surface area contributed by atoms with Gasteiger partial charge in [-0.2, -0.15) is 4.99 Å². The van der Waals surface area contributed by atoms with Gasteiger partial charge in [-0.15, -0.1) is 0 Å². The van der Waals surface area contributed by atoms with E-state index in [1.54, 1.807) is 0 Å². The van der Waals surface area contributed by atoms with E-state index in [0.717, 1.165) is 11.3 Å². The number of nitrogens with zero attached hydrogens (tertiary/aromatic N) is 1. The van der Waals surface area contributed by atoms with Crippen LogP contribution in [0.1, 0.15) is 26.3 Å². The van der Waals surface area contributed by atoms with Crippen LogP contribution < -0.4 is 5.32 Å². The summed E-state index contributed by atoms with van der Waals surface area (Å²) >= 11 is 4.56. The lowest BCUT2D eigenvalue weighted by molar-refractivity contribution is 0.0528. The minimum Gasteiger partial charge on any atom is -0.444 e. The highest BCUT2D eigenvalue weighted by Gasteiger charge is 2.15. The van der Waals surface area contributed by atoms with E-state index in [2.05, 4.69) is 27.7 Å². The Morgan fingerprint density at radius 1 is 1.47 bits per heavy atom. The molecule has 19 heavy (non-hydrogen) atoms. The Hall–Kier alpha value is -1.71. The van der Waals surface area contributed by atoms with Crippen molar-refractivity contribution in [3.05, 3.63) is 29.8 Å². The molecule has 0 bridgehead atoms. The molecule has 0 heterocycles. The third kappa shape index (κ3) is 6.70. The van der Waals surface area contributed by atoms with E-state index in [1.807, 2.05) is 45.0 Å². The third-order valence-electron chi connectivity index (χ3n) is 2.17. The Kier molecular flexibility index (Phi) is 5.67. The van der Waals surface area contributed by atoms with Crippen molar-refractivity contribution in [2.45, 2.75) is 32.8 Å². The molecule has 1 amide bonds. The van der Waals surface area contributed by atoms with Gasteiger partial charge in [0.1, 0.15) is 5.60 Å². The number of hydrogen-bond donors (Lipinski definition) is 1. The maximum absolute atomic E-state index is 11.4. The van der Waals surface area contributed by atoms with Gasteiger partial charge >= 0.3 is 6.09 Å². The zero-order chi connectivity index (χ0) is 14.3. The van der Waals surface area contributed by atoms with E-state index in [9.17, 15) is 4.79 Å². The highest BCUT2D eigenvalue weighted by atomic mass is 32.1. The molecule has 102 valence electrons. The molecule has 0 aromatic heterocycles. The molecular formula is C14H18N2O2S. The fraction of sp³-hybridized carbons (Fsp3) is 0.429. The van der Waals surface area contributed by atoms with Gasteiger partial charge in [-0.05, 0) is 57.1 Å². The molecule has 1 N–H and O–H groups in total. The van der Waals surface area contributed by atoms with Crippen LogP contribution >= 0.6 is 12.2 Å². The molecule has 4 nitrogen and oxygen atoms in total. The summed E-state index contributed by atoms with van der Waals surface area (Å²) in [6.45, 7) is 6.01. The zero-order valence-electron chi connectivity index (χ0n) is 11.4. The number of hydrogen-bond acceptors (Lipinski definition) is 4. The summed E-state index contributed by atoms with van der Waals surface area (Å²) in [5.74, 6) is 0. The Morgan fingerprint density at radius 2 is 2.21 bits per heavy atom. The van der Waals surface area contributed by atoms with Crippen molar-refractivity contribution in [1.82, 2.24) is 5.32 Å². The predicted octanol–water partition coefficient (Wildman–Crippen LogP) is 3.49. The smallest absolute Gasteiger partial charge is 0.407 e. The van der Waals surface area contributed by atoms with Gasteiger partial charge in [0.05, 0.1) is 10.8 Å². The Balaban J connectivity index is 2.43. The fourth-order valence-corrected chi connectivity index (χ4v) is 1.56. The summed E-state index contributed by atoms with van der Waals surface area (Å²) in [5, 5.41) is 5.04. The van der Waals surface area contributed by atoms with Gasteiger partial charge in [-0.1, -0.05) is 12.1 Å². The van der Waals surface area contributed by atoms with Crippen LogP contribution in [0.15, 0.2) is 29.3 Å². The number of alkyl carbamates (subject to hydrolysis) is 1. The second-order valence-corrected chi connectivity index (χ2v) is 5.23. The first kappa shape index (κ1) is 15.3. The molecule has 0 fully saturated rings. The lowest BCUT2D eigenvalue weighted by Gasteiger charge is -2.19. The van der Waals surface area contributed by atoms with Crippen molar-refractivity contribution in [3.63, 3.8) is 0 Å². The number of rotatable bonds is 4. The monoisotopic (exact) mass is 278 g/mol. The zero-order valence-corrected chi connectivity index (χ0v) is 12.2. The number of ether oxygens (including phenoxy) is 1. The largest absolute Gasteiger partial charge is 0.444 e. The normalized spacial score (nSPS) is 10.5. The quantitative estimate of drug-likeness (QED) is 0.677. The molecule has 0 aliphatic carbocycles. The van der Waals surface area contributed by atoms with Crippen LogP contribution in [0.2, 0.25) is 0 Å². The molecule has 1 rings (SSSR count). The number of isothiocyanates is 1. The second kappa shape index (κ2) is 7.02. The van der Waals surface area contributed by atoms with E-state index >= 15 is 0 Å². The molecule has 1 aromatic rings. The summed E-state index contributed by atoms with van der Waals surface area (Å²) in [7, 11) is 0. The van der Waals surface area contributed by atoms with E-state index in [0.29, 0.717) is 13.0 Å². The summed E-state index contributed by atoms with van der Waals surface area (Å²) in [6.07, 6.45) is 0.306. The lowest BCUT2D eigenvalue weighted by atomic mass is 10.1. The number of carbonyl (C=O) groups excluding carboxylic acids is 1. The van der Waals surface area contributed by atoms with Gasteiger partial charge in [0, 0.05) is 6.54 Å². The van der Waals surface area contributed by atoms with E-state index in [4.69, 9.17) is 4.74 Å². The van der Waals surface area contributed by atoms with Crippen LogP contribution in [0.25, 0.3) is 0 Å². The van der Waals surface area contributed by atoms with Crippen LogP contribution in [0, 0.1) is 0 Å².